The first kappa shape index (κ1) is 13.3. The Morgan fingerprint density at radius 1 is 1.62 bits per heavy atom. The molecular formula is C8H15N2O5P. The fourth-order valence-corrected chi connectivity index (χ4v) is 1.63. The molecule has 92 valence electrons. The molecule has 7 nitrogen and oxygen atoms in total. The van der Waals surface area contributed by atoms with Crippen LogP contribution in [0.5, 0.6) is 0 Å². The van der Waals surface area contributed by atoms with Crippen molar-refractivity contribution in [3.05, 3.63) is 12.3 Å². The van der Waals surface area contributed by atoms with E-state index in [4.69, 9.17) is 14.9 Å². The van der Waals surface area contributed by atoms with Gasteiger partial charge in [-0.3, -0.25) is 9.69 Å². The fraction of sp³-hybridized carbons (Fsp3) is 0.625. The lowest BCUT2D eigenvalue weighted by molar-refractivity contribution is -0.140. The number of piperazine rings is 1. The monoisotopic (exact) mass is 250 g/mol. The molecule has 1 rings (SSSR count). The van der Waals surface area contributed by atoms with Gasteiger partial charge in [-0.2, -0.15) is 0 Å². The van der Waals surface area contributed by atoms with E-state index in [9.17, 15) is 4.79 Å². The number of carbonyl (C=O) groups is 1. The van der Waals surface area contributed by atoms with Gasteiger partial charge in [0.1, 0.15) is 6.04 Å². The molecule has 0 spiro atoms. The molecule has 1 aliphatic rings. The van der Waals surface area contributed by atoms with Gasteiger partial charge in [-0.05, 0) is 6.08 Å². The van der Waals surface area contributed by atoms with E-state index in [1.165, 1.54) is 6.26 Å². The van der Waals surface area contributed by atoms with E-state index in [0.717, 1.165) is 6.54 Å². The summed E-state index contributed by atoms with van der Waals surface area (Å²) in [5, 5.41) is 11.7. The predicted octanol–water partition coefficient (Wildman–Crippen LogP) is -0.913. The van der Waals surface area contributed by atoms with E-state index in [0.29, 0.717) is 19.6 Å². The second-order valence-corrected chi connectivity index (χ2v) is 4.05. The van der Waals surface area contributed by atoms with Crippen LogP contribution in [0.2, 0.25) is 0 Å². The van der Waals surface area contributed by atoms with Crippen molar-refractivity contribution in [2.24, 2.45) is 0 Å². The number of rotatable bonds is 5. The second-order valence-electron chi connectivity index (χ2n) is 3.33. The molecule has 4 N–H and O–H groups in total. The van der Waals surface area contributed by atoms with Crippen molar-refractivity contribution >= 4 is 14.6 Å². The lowest BCUT2D eigenvalue weighted by atomic mass is 10.2. The van der Waals surface area contributed by atoms with Crippen LogP contribution >= 0.6 is 8.60 Å². The van der Waals surface area contributed by atoms with Gasteiger partial charge in [0, 0.05) is 26.2 Å². The van der Waals surface area contributed by atoms with Gasteiger partial charge >= 0.3 is 14.6 Å². The molecule has 1 fully saturated rings. The van der Waals surface area contributed by atoms with Crippen molar-refractivity contribution in [1.82, 2.24) is 10.2 Å². The van der Waals surface area contributed by atoms with E-state index in [1.54, 1.807) is 6.08 Å². The van der Waals surface area contributed by atoms with Crippen molar-refractivity contribution in [1.29, 1.82) is 0 Å². The quantitative estimate of drug-likeness (QED) is 0.370. The van der Waals surface area contributed by atoms with Gasteiger partial charge < -0.3 is 24.7 Å². The molecule has 1 saturated heterocycles. The third-order valence-corrected chi connectivity index (χ3v) is 2.48. The molecule has 1 aliphatic heterocycles. The summed E-state index contributed by atoms with van der Waals surface area (Å²) in [6, 6.07) is -0.545. The molecule has 0 aromatic rings. The summed E-state index contributed by atoms with van der Waals surface area (Å²) in [7, 11) is -2.36. The van der Waals surface area contributed by atoms with Crippen molar-refractivity contribution in [3.8, 4) is 0 Å². The van der Waals surface area contributed by atoms with E-state index in [2.05, 4.69) is 9.84 Å². The number of carboxylic acids is 1. The Morgan fingerprint density at radius 3 is 3.00 bits per heavy atom. The van der Waals surface area contributed by atoms with Crippen LogP contribution in [0.25, 0.3) is 0 Å². The van der Waals surface area contributed by atoms with Crippen LogP contribution in [-0.2, 0) is 9.32 Å². The van der Waals surface area contributed by atoms with Crippen LogP contribution in [0.3, 0.4) is 0 Å². The largest absolute Gasteiger partial charge is 0.480 e. The van der Waals surface area contributed by atoms with Crippen LogP contribution < -0.4 is 5.32 Å². The molecule has 0 radical (unpaired) electrons. The number of aliphatic carboxylic acids is 1. The molecule has 1 atom stereocenters. The third kappa shape index (κ3) is 4.87. The minimum atomic E-state index is -2.36. The summed E-state index contributed by atoms with van der Waals surface area (Å²) >= 11 is 0. The van der Waals surface area contributed by atoms with Crippen LogP contribution in [0, 0.1) is 0 Å². The van der Waals surface area contributed by atoms with Gasteiger partial charge in [-0.25, -0.2) is 0 Å². The molecule has 0 amide bonds. The molecule has 0 saturated carbocycles. The topological polar surface area (TPSA) is 102 Å². The Bertz CT molecular complexity index is 261. The standard InChI is InChI=1S/C8H15N2O5P/c11-8(12)7-6-10(4-2-9-7)3-1-5-15-16(13)14/h1,5,7,9,13-14H,2-4,6H2,(H,11,12)/b5-1+/t7-/m1/s1. The predicted molar refractivity (Wildman–Crippen MR) is 57.4 cm³/mol. The maximum Gasteiger partial charge on any atom is 0.390 e. The van der Waals surface area contributed by atoms with Gasteiger partial charge in [0.2, 0.25) is 0 Å². The Kier molecular flexibility index (Phi) is 5.65. The molecule has 8 heteroatoms. The molecule has 0 aliphatic carbocycles. The first-order chi connectivity index (χ1) is 7.59. The highest BCUT2D eigenvalue weighted by Crippen LogP contribution is 2.24. The van der Waals surface area contributed by atoms with E-state index < -0.39 is 20.6 Å². The van der Waals surface area contributed by atoms with Gasteiger partial charge in [0.05, 0.1) is 6.26 Å². The lowest BCUT2D eigenvalue weighted by Gasteiger charge is -2.30. The number of hydrogen-bond donors (Lipinski definition) is 4. The van der Waals surface area contributed by atoms with E-state index >= 15 is 0 Å². The van der Waals surface area contributed by atoms with Crippen LogP contribution in [0.4, 0.5) is 0 Å². The van der Waals surface area contributed by atoms with Crippen molar-refractivity contribution in [2.75, 3.05) is 26.2 Å². The molecule has 16 heavy (non-hydrogen) atoms. The second kappa shape index (κ2) is 6.78. The summed E-state index contributed by atoms with van der Waals surface area (Å²) in [6.07, 6.45) is 2.83. The highest BCUT2D eigenvalue weighted by Gasteiger charge is 2.23. The number of hydrogen-bond acceptors (Lipinski definition) is 6. The molecule has 0 bridgehead atoms. The average molecular weight is 250 g/mol. The SMILES string of the molecule is O=C(O)[C@H]1CN(C/C=C/OP(O)O)CCN1. The lowest BCUT2D eigenvalue weighted by Crippen LogP contribution is -2.54. The number of carboxylic acid groups (broad SMARTS) is 1. The normalized spacial score (nSPS) is 22.8. The van der Waals surface area contributed by atoms with Gasteiger partial charge in [-0.15, -0.1) is 0 Å². The minimum absolute atomic E-state index is 0.423. The molecule has 1 heterocycles. The van der Waals surface area contributed by atoms with E-state index in [1.807, 2.05) is 4.90 Å². The Hall–Kier alpha value is -0.720. The zero-order valence-electron chi connectivity index (χ0n) is 8.61. The zero-order chi connectivity index (χ0) is 12.0. The number of nitrogens with zero attached hydrogens (tertiary/aromatic N) is 1. The Balaban J connectivity index is 2.26. The fourth-order valence-electron chi connectivity index (χ4n) is 1.43. The summed E-state index contributed by atoms with van der Waals surface area (Å²) in [5.74, 6) is -0.862. The summed E-state index contributed by atoms with van der Waals surface area (Å²) in [6.45, 7) is 2.32. The van der Waals surface area contributed by atoms with E-state index in [-0.39, 0.29) is 0 Å². The van der Waals surface area contributed by atoms with Gasteiger partial charge in [0.25, 0.3) is 0 Å². The van der Waals surface area contributed by atoms with Crippen LogP contribution in [-0.4, -0.2) is 58.0 Å². The number of nitrogens with one attached hydrogen (secondary N) is 1. The average Bonchev–Trinajstić information content (AvgIpc) is 2.24. The van der Waals surface area contributed by atoms with Crippen molar-refractivity contribution < 1.29 is 24.2 Å². The Labute approximate surface area is 94.3 Å². The first-order valence-corrected chi connectivity index (χ1v) is 5.94. The molecule has 0 aromatic heterocycles. The highest BCUT2D eigenvalue weighted by atomic mass is 31.2. The highest BCUT2D eigenvalue weighted by molar-refractivity contribution is 7.39. The summed E-state index contributed by atoms with van der Waals surface area (Å²) < 4.78 is 4.44. The smallest absolute Gasteiger partial charge is 0.390 e. The third-order valence-electron chi connectivity index (χ3n) is 2.17. The Morgan fingerprint density at radius 2 is 2.38 bits per heavy atom. The van der Waals surface area contributed by atoms with Crippen molar-refractivity contribution in [3.63, 3.8) is 0 Å². The maximum atomic E-state index is 10.7. The first-order valence-electron chi connectivity index (χ1n) is 4.78. The van der Waals surface area contributed by atoms with Gasteiger partial charge in [-0.1, -0.05) is 0 Å². The summed E-state index contributed by atoms with van der Waals surface area (Å²) in [4.78, 5) is 29.6. The minimum Gasteiger partial charge on any atom is -0.480 e. The van der Waals surface area contributed by atoms with Gasteiger partial charge in [0.15, 0.2) is 0 Å². The maximum absolute atomic E-state index is 10.7. The zero-order valence-corrected chi connectivity index (χ0v) is 9.51. The molecule has 0 aromatic carbocycles. The van der Waals surface area contributed by atoms with Crippen molar-refractivity contribution in [2.45, 2.75) is 6.04 Å². The van der Waals surface area contributed by atoms with Crippen LogP contribution in [0.15, 0.2) is 12.3 Å². The molecular weight excluding hydrogens is 235 g/mol. The molecule has 0 unspecified atom stereocenters. The van der Waals surface area contributed by atoms with Crippen LogP contribution in [0.1, 0.15) is 0 Å². The summed E-state index contributed by atoms with van der Waals surface area (Å²) in [5.41, 5.74) is 0.